The maximum absolute atomic E-state index is 13.1. The topological polar surface area (TPSA) is 83.5 Å². The molecule has 10 heteroatoms. The quantitative estimate of drug-likeness (QED) is 0.524. The lowest BCUT2D eigenvalue weighted by Crippen LogP contribution is -2.35. The van der Waals surface area contributed by atoms with Crippen molar-refractivity contribution < 1.29 is 40.2 Å². The fourth-order valence-corrected chi connectivity index (χ4v) is 6.87. The predicted molar refractivity (Wildman–Crippen MR) is 80.8 cm³/mol. The van der Waals surface area contributed by atoms with Crippen molar-refractivity contribution >= 4 is 15.2 Å². The molecule has 0 aliphatic carbocycles. The molecule has 0 aromatic rings. The molecule has 0 N–H and O–H groups in total. The van der Waals surface area contributed by atoms with Crippen LogP contribution in [0.15, 0.2) is 0 Å². The Kier molecular flexibility index (Phi) is 5.26. The lowest BCUT2D eigenvalue weighted by atomic mass is 10.3. The molecular weight excluding hydrogens is 320 g/mol. The van der Waals surface area contributed by atoms with Crippen molar-refractivity contribution in [3.8, 4) is 0 Å². The van der Waals surface area contributed by atoms with Gasteiger partial charge in [0.05, 0.1) is 0 Å². The Morgan fingerprint density at radius 3 is 1.67 bits per heavy atom. The highest BCUT2D eigenvalue weighted by Gasteiger charge is 2.65. The van der Waals surface area contributed by atoms with E-state index in [2.05, 4.69) is 0 Å². The second-order valence-electron chi connectivity index (χ2n) is 3.93. The van der Waals surface area contributed by atoms with Crippen molar-refractivity contribution in [2.24, 2.45) is 0 Å². The summed E-state index contributed by atoms with van der Waals surface area (Å²) in [6.07, 6.45) is -0.609. The van der Waals surface area contributed by atoms with Gasteiger partial charge in [0, 0.05) is 50.2 Å². The summed E-state index contributed by atoms with van der Waals surface area (Å²) < 4.78 is 95.4. The van der Waals surface area contributed by atoms with E-state index in [4.69, 9.17) is 31.1 Å². The van der Waals surface area contributed by atoms with Crippen molar-refractivity contribution in [1.82, 2.24) is 4.90 Å². The summed E-state index contributed by atoms with van der Waals surface area (Å²) in [5.41, 5.74) is 0. The maximum atomic E-state index is 13.1. The normalized spacial score (nSPS) is 19.3. The van der Waals surface area contributed by atoms with E-state index in [0.29, 0.717) is 4.90 Å². The second-order valence-corrected chi connectivity index (χ2v) is 9.18. The van der Waals surface area contributed by atoms with Crippen LogP contribution in [0.2, 0.25) is 0 Å². The van der Waals surface area contributed by atoms with Gasteiger partial charge in [-0.2, -0.15) is 0 Å². The Morgan fingerprint density at radius 2 is 1.38 bits per heavy atom. The molecule has 0 aliphatic heterocycles. The summed E-state index contributed by atoms with van der Waals surface area (Å²) >= 11 is 0. The average Bonchev–Trinajstić information content (AvgIpc) is 2.58. The Morgan fingerprint density at radius 1 is 0.952 bits per heavy atom. The fraction of sp³-hybridized carbons (Fsp3) is 1.00. The standard InChI is InChI=1S/C11H27NO7P2/c1-12(2)10-8-9-11(15-3,20(13,16-4)17-5)21(14,18-6)19-7/h8-10H2,1-7H3/i1D3,2D3. The monoisotopic (exact) mass is 353 g/mol. The smallest absolute Gasteiger partial charge is 0.355 e. The minimum absolute atomic E-state index is 0.210. The van der Waals surface area contributed by atoms with E-state index in [9.17, 15) is 9.13 Å². The molecule has 0 rings (SSSR count). The van der Waals surface area contributed by atoms with Crippen LogP contribution in [-0.4, -0.2) is 66.0 Å². The minimum Gasteiger partial charge on any atom is -0.355 e. The van der Waals surface area contributed by atoms with Crippen LogP contribution in [0.5, 0.6) is 0 Å². The molecule has 0 radical (unpaired) electrons. The van der Waals surface area contributed by atoms with Crippen molar-refractivity contribution in [3.63, 3.8) is 0 Å². The Hall–Kier alpha value is 0.220. The number of nitrogens with zero attached hydrogens (tertiary/aromatic N) is 1. The largest absolute Gasteiger partial charge is 0.374 e. The lowest BCUT2D eigenvalue weighted by molar-refractivity contribution is 0.0522. The first-order chi connectivity index (χ1) is 12.1. The van der Waals surface area contributed by atoms with E-state index in [0.717, 1.165) is 35.5 Å². The zero-order valence-corrected chi connectivity index (χ0v) is 14.6. The van der Waals surface area contributed by atoms with Gasteiger partial charge in [-0.15, -0.1) is 0 Å². The van der Waals surface area contributed by atoms with Gasteiger partial charge in [0.1, 0.15) is 0 Å². The number of hydrogen-bond acceptors (Lipinski definition) is 8. The molecule has 0 atom stereocenters. The summed E-state index contributed by atoms with van der Waals surface area (Å²) in [7, 11) is -3.24. The molecule has 0 aliphatic rings. The molecule has 0 saturated heterocycles. The molecule has 21 heavy (non-hydrogen) atoms. The van der Waals surface area contributed by atoms with E-state index in [1.807, 2.05) is 0 Å². The summed E-state index contributed by atoms with van der Waals surface area (Å²) in [6.45, 7) is -6.28. The van der Waals surface area contributed by atoms with Crippen LogP contribution < -0.4 is 0 Å². The van der Waals surface area contributed by atoms with Crippen LogP contribution in [0.3, 0.4) is 0 Å². The maximum Gasteiger partial charge on any atom is 0.374 e. The molecule has 0 heterocycles. The van der Waals surface area contributed by atoms with Gasteiger partial charge >= 0.3 is 15.2 Å². The average molecular weight is 353 g/mol. The van der Waals surface area contributed by atoms with Gasteiger partial charge < -0.3 is 27.7 Å². The highest BCUT2D eigenvalue weighted by atomic mass is 31.2. The Balaban J connectivity index is 5.97. The van der Waals surface area contributed by atoms with Crippen molar-refractivity contribution in [2.75, 3.05) is 56.0 Å². The van der Waals surface area contributed by atoms with E-state index in [-0.39, 0.29) is 6.42 Å². The van der Waals surface area contributed by atoms with Gasteiger partial charge in [-0.3, -0.25) is 9.13 Å². The van der Waals surface area contributed by atoms with Crippen molar-refractivity contribution in [2.45, 2.75) is 17.9 Å². The minimum atomic E-state index is -4.25. The van der Waals surface area contributed by atoms with E-state index < -0.39 is 47.2 Å². The van der Waals surface area contributed by atoms with Gasteiger partial charge in [0.2, 0.25) is 0 Å². The molecule has 0 fully saturated rings. The van der Waals surface area contributed by atoms with Gasteiger partial charge in [-0.1, -0.05) is 0 Å². The molecule has 8 nitrogen and oxygen atoms in total. The molecule has 0 saturated carbocycles. The van der Waals surface area contributed by atoms with Crippen LogP contribution in [0.25, 0.3) is 0 Å². The SMILES string of the molecule is [2H]C([2H])([2H])N(CCCC(OC)(P(=O)(OC)OC)P(=O)(OC)OC)C([2H])([2H])[2H]. The van der Waals surface area contributed by atoms with Crippen LogP contribution >= 0.6 is 15.2 Å². The molecular formula is C11H27NO7P2. The summed E-state index contributed by atoms with van der Waals surface area (Å²) in [5, 5.41) is -2.23. The zero-order valence-electron chi connectivity index (χ0n) is 18.8. The third-order valence-electron chi connectivity index (χ3n) is 3.03. The van der Waals surface area contributed by atoms with Crippen LogP contribution in [0, 0.1) is 0 Å². The number of methoxy groups -OCH3 is 1. The third-order valence-corrected chi connectivity index (χ3v) is 8.94. The summed E-state index contributed by atoms with van der Waals surface area (Å²) in [6, 6.07) is 0. The first-order valence-electron chi connectivity index (χ1n) is 8.91. The first kappa shape index (κ1) is 12.6. The summed E-state index contributed by atoms with van der Waals surface area (Å²) in [5.74, 6) is 0. The number of ether oxygens (including phenoxy) is 1. The third kappa shape index (κ3) is 4.15. The zero-order chi connectivity index (χ0) is 21.7. The highest BCUT2D eigenvalue weighted by molar-refractivity contribution is 7.73. The van der Waals surface area contributed by atoms with Crippen molar-refractivity contribution in [1.29, 1.82) is 0 Å². The molecule has 0 aromatic heterocycles. The number of rotatable bonds is 11. The van der Waals surface area contributed by atoms with E-state index in [1.165, 1.54) is 0 Å². The van der Waals surface area contributed by atoms with Crippen LogP contribution in [-0.2, 0) is 32.0 Å². The first-order valence-corrected chi connectivity index (χ1v) is 8.99. The fourth-order valence-electron chi connectivity index (χ4n) is 1.94. The lowest BCUT2D eigenvalue weighted by Gasteiger charge is -2.39. The Labute approximate surface area is 135 Å². The van der Waals surface area contributed by atoms with Gasteiger partial charge in [0.25, 0.3) is 5.08 Å². The van der Waals surface area contributed by atoms with Gasteiger partial charge in [-0.05, 0) is 26.9 Å². The van der Waals surface area contributed by atoms with E-state index in [1.54, 1.807) is 0 Å². The molecule has 128 valence electrons. The molecule has 0 amide bonds. The molecule has 0 aromatic carbocycles. The molecule has 0 spiro atoms. The van der Waals surface area contributed by atoms with Gasteiger partial charge in [0.15, 0.2) is 0 Å². The van der Waals surface area contributed by atoms with Crippen molar-refractivity contribution in [3.05, 3.63) is 0 Å². The van der Waals surface area contributed by atoms with Gasteiger partial charge in [-0.25, -0.2) is 0 Å². The van der Waals surface area contributed by atoms with E-state index >= 15 is 0 Å². The molecule has 0 unspecified atom stereocenters. The highest BCUT2D eigenvalue weighted by Crippen LogP contribution is 2.78. The Bertz CT molecular complexity index is 514. The predicted octanol–water partition coefficient (Wildman–Crippen LogP) is 2.60. The second kappa shape index (κ2) is 8.75. The van der Waals surface area contributed by atoms with Crippen LogP contribution in [0.4, 0.5) is 0 Å². The summed E-state index contributed by atoms with van der Waals surface area (Å²) in [4.78, 5) is 0.315. The molecule has 0 bridgehead atoms. The number of hydrogen-bond donors (Lipinski definition) is 0. The van der Waals surface area contributed by atoms with Crippen LogP contribution in [0.1, 0.15) is 21.1 Å².